The summed E-state index contributed by atoms with van der Waals surface area (Å²) in [6.45, 7) is 3.33. The fourth-order valence-electron chi connectivity index (χ4n) is 2.48. The normalized spacial score (nSPS) is 12.0. The minimum absolute atomic E-state index is 0.0878. The molecule has 2 heterocycles. The summed E-state index contributed by atoms with van der Waals surface area (Å²) in [7, 11) is -2.23. The minimum Gasteiger partial charge on any atom is -0.360 e. The first kappa shape index (κ1) is 18.6. The molecule has 0 atom stereocenters. The summed E-state index contributed by atoms with van der Waals surface area (Å²) >= 11 is 6.11. The lowest BCUT2D eigenvalue weighted by Gasteiger charge is -2.15. The van der Waals surface area contributed by atoms with Crippen LogP contribution in [0.15, 0.2) is 38.2 Å². The number of aromatic nitrogens is 3. The summed E-state index contributed by atoms with van der Waals surface area (Å²) < 4.78 is 36.7. The fraction of sp³-hybridized carbons (Fsp3) is 0.312. The van der Waals surface area contributed by atoms with Crippen LogP contribution in [0.3, 0.4) is 0 Å². The SMILES string of the molecule is Cc1noc(C)c1S(=O)(=O)N(C)CCc1noc(-c2ccccc2Cl)n1. The highest BCUT2D eigenvalue weighted by atomic mass is 35.5. The van der Waals surface area contributed by atoms with E-state index in [4.69, 9.17) is 20.6 Å². The smallest absolute Gasteiger partial charge is 0.259 e. The van der Waals surface area contributed by atoms with E-state index in [0.29, 0.717) is 28.0 Å². The molecule has 8 nitrogen and oxygen atoms in total. The molecule has 3 rings (SSSR count). The van der Waals surface area contributed by atoms with Crippen LogP contribution in [0.4, 0.5) is 0 Å². The van der Waals surface area contributed by atoms with Crippen molar-refractivity contribution in [3.63, 3.8) is 0 Å². The molecule has 0 N–H and O–H groups in total. The predicted octanol–water partition coefficient (Wildman–Crippen LogP) is 2.86. The van der Waals surface area contributed by atoms with Crippen molar-refractivity contribution in [1.82, 2.24) is 19.6 Å². The second-order valence-electron chi connectivity index (χ2n) is 5.73. The average Bonchev–Trinajstić information content (AvgIpc) is 3.19. The molecule has 0 saturated carbocycles. The van der Waals surface area contributed by atoms with Gasteiger partial charge >= 0.3 is 0 Å². The average molecular weight is 397 g/mol. The van der Waals surface area contributed by atoms with Gasteiger partial charge < -0.3 is 9.05 Å². The maximum Gasteiger partial charge on any atom is 0.259 e. The largest absolute Gasteiger partial charge is 0.360 e. The summed E-state index contributed by atoms with van der Waals surface area (Å²) in [6, 6.07) is 7.12. The molecule has 0 saturated heterocycles. The van der Waals surface area contributed by atoms with Crippen molar-refractivity contribution in [2.24, 2.45) is 0 Å². The molecule has 0 bridgehead atoms. The maximum absolute atomic E-state index is 12.7. The van der Waals surface area contributed by atoms with E-state index in [1.165, 1.54) is 11.4 Å². The molecule has 0 aliphatic rings. The quantitative estimate of drug-likeness (QED) is 0.631. The summed E-state index contributed by atoms with van der Waals surface area (Å²) in [6.07, 6.45) is 0.285. The van der Waals surface area contributed by atoms with Gasteiger partial charge in [-0.05, 0) is 26.0 Å². The van der Waals surface area contributed by atoms with Gasteiger partial charge in [-0.1, -0.05) is 34.0 Å². The lowest BCUT2D eigenvalue weighted by atomic mass is 10.2. The van der Waals surface area contributed by atoms with Gasteiger partial charge in [0, 0.05) is 20.0 Å². The van der Waals surface area contributed by atoms with Gasteiger partial charge in [0.15, 0.2) is 11.6 Å². The van der Waals surface area contributed by atoms with E-state index < -0.39 is 10.0 Å². The number of hydrogen-bond acceptors (Lipinski definition) is 7. The molecule has 3 aromatic rings. The topological polar surface area (TPSA) is 102 Å². The molecule has 0 fully saturated rings. The Morgan fingerprint density at radius 2 is 1.88 bits per heavy atom. The van der Waals surface area contributed by atoms with E-state index in [1.807, 2.05) is 6.07 Å². The lowest BCUT2D eigenvalue weighted by Crippen LogP contribution is -2.30. The molecule has 0 aliphatic heterocycles. The Bertz CT molecular complexity index is 1010. The van der Waals surface area contributed by atoms with Crippen molar-refractivity contribution in [3.05, 3.63) is 46.6 Å². The van der Waals surface area contributed by atoms with Crippen molar-refractivity contribution < 1.29 is 17.5 Å². The third-order valence-corrected chi connectivity index (χ3v) is 6.29. The number of rotatable bonds is 6. The molecule has 0 unspecified atom stereocenters. The molecule has 26 heavy (non-hydrogen) atoms. The minimum atomic E-state index is -3.71. The van der Waals surface area contributed by atoms with Crippen LogP contribution >= 0.6 is 11.6 Å². The summed E-state index contributed by atoms with van der Waals surface area (Å²) in [5.74, 6) is 0.942. The highest BCUT2D eigenvalue weighted by Crippen LogP contribution is 2.26. The first-order chi connectivity index (χ1) is 12.3. The predicted molar refractivity (Wildman–Crippen MR) is 94.2 cm³/mol. The van der Waals surface area contributed by atoms with Crippen LogP contribution in [-0.2, 0) is 16.4 Å². The maximum atomic E-state index is 12.7. The first-order valence-electron chi connectivity index (χ1n) is 7.77. The van der Waals surface area contributed by atoms with E-state index in [1.54, 1.807) is 32.0 Å². The van der Waals surface area contributed by atoms with Crippen molar-refractivity contribution in [3.8, 4) is 11.5 Å². The van der Waals surface area contributed by atoms with Crippen molar-refractivity contribution in [2.45, 2.75) is 25.2 Å². The number of benzene rings is 1. The second kappa shape index (κ2) is 7.18. The van der Waals surface area contributed by atoms with Gasteiger partial charge in [-0.2, -0.15) is 4.98 Å². The van der Waals surface area contributed by atoms with Crippen LogP contribution in [0.25, 0.3) is 11.5 Å². The summed E-state index contributed by atoms with van der Waals surface area (Å²) in [5, 5.41) is 8.08. The summed E-state index contributed by atoms with van der Waals surface area (Å²) in [4.78, 5) is 4.37. The molecular formula is C16H17ClN4O4S. The van der Waals surface area contributed by atoms with Gasteiger partial charge in [0.25, 0.3) is 5.89 Å². The van der Waals surface area contributed by atoms with Gasteiger partial charge in [0.1, 0.15) is 10.6 Å². The van der Waals surface area contributed by atoms with Gasteiger partial charge in [0.05, 0.1) is 10.6 Å². The molecule has 2 aromatic heterocycles. The number of sulfonamides is 1. The number of likely N-dealkylation sites (N-methyl/N-ethyl adjacent to an activating group) is 1. The van der Waals surface area contributed by atoms with Gasteiger partial charge in [0.2, 0.25) is 10.0 Å². The van der Waals surface area contributed by atoms with Crippen LogP contribution in [0.1, 0.15) is 17.3 Å². The van der Waals surface area contributed by atoms with Crippen LogP contribution < -0.4 is 0 Å². The molecule has 0 radical (unpaired) electrons. The van der Waals surface area contributed by atoms with Crippen LogP contribution in [0.2, 0.25) is 5.02 Å². The van der Waals surface area contributed by atoms with Crippen molar-refractivity contribution in [2.75, 3.05) is 13.6 Å². The number of nitrogens with zero attached hydrogens (tertiary/aromatic N) is 4. The molecular weight excluding hydrogens is 380 g/mol. The second-order valence-corrected chi connectivity index (χ2v) is 8.11. The van der Waals surface area contributed by atoms with Crippen molar-refractivity contribution in [1.29, 1.82) is 0 Å². The first-order valence-corrected chi connectivity index (χ1v) is 9.59. The number of halogens is 1. The lowest BCUT2D eigenvalue weighted by molar-refractivity contribution is 0.389. The van der Waals surface area contributed by atoms with Crippen LogP contribution in [0.5, 0.6) is 0 Å². The zero-order chi connectivity index (χ0) is 18.9. The standard InChI is InChI=1S/C16H17ClN4O4S/c1-10-15(11(2)24-19-10)26(22,23)21(3)9-8-14-18-16(25-20-14)12-6-4-5-7-13(12)17/h4-7H,8-9H2,1-3H3. The third kappa shape index (κ3) is 3.50. The van der Waals surface area contributed by atoms with E-state index in [2.05, 4.69) is 15.3 Å². The van der Waals surface area contributed by atoms with Crippen LogP contribution in [0, 0.1) is 13.8 Å². The Balaban J connectivity index is 1.73. The van der Waals surface area contributed by atoms with Gasteiger partial charge in [-0.3, -0.25) is 0 Å². The Hall–Kier alpha value is -2.23. The Morgan fingerprint density at radius 3 is 2.54 bits per heavy atom. The van der Waals surface area contributed by atoms with E-state index in [-0.39, 0.29) is 23.6 Å². The summed E-state index contributed by atoms with van der Waals surface area (Å²) in [5.41, 5.74) is 0.958. The Morgan fingerprint density at radius 1 is 1.15 bits per heavy atom. The van der Waals surface area contributed by atoms with Gasteiger partial charge in [-0.25, -0.2) is 12.7 Å². The molecule has 0 spiro atoms. The van der Waals surface area contributed by atoms with E-state index >= 15 is 0 Å². The Labute approximate surface area is 155 Å². The van der Waals surface area contributed by atoms with Gasteiger partial charge in [-0.15, -0.1) is 0 Å². The number of hydrogen-bond donors (Lipinski definition) is 0. The van der Waals surface area contributed by atoms with E-state index in [0.717, 1.165) is 0 Å². The van der Waals surface area contributed by atoms with Crippen LogP contribution in [-0.4, -0.2) is 41.6 Å². The molecule has 0 aliphatic carbocycles. The van der Waals surface area contributed by atoms with E-state index in [9.17, 15) is 8.42 Å². The fourth-order valence-corrected chi connectivity index (χ4v) is 4.15. The Kier molecular flexibility index (Phi) is 5.12. The highest BCUT2D eigenvalue weighted by molar-refractivity contribution is 7.89. The van der Waals surface area contributed by atoms with Crippen molar-refractivity contribution >= 4 is 21.6 Å². The molecule has 1 aromatic carbocycles. The molecule has 10 heteroatoms. The zero-order valence-corrected chi connectivity index (χ0v) is 16.0. The number of aryl methyl sites for hydroxylation is 2. The molecule has 0 amide bonds. The zero-order valence-electron chi connectivity index (χ0n) is 14.4. The molecule has 138 valence electrons. The third-order valence-electron chi connectivity index (χ3n) is 3.86. The monoisotopic (exact) mass is 396 g/mol. The highest BCUT2D eigenvalue weighted by Gasteiger charge is 2.28.